The number of hydrogen-bond donors (Lipinski definition) is 0. The molecule has 0 spiro atoms. The Balaban J connectivity index is 1.70. The van der Waals surface area contributed by atoms with Gasteiger partial charge in [0.15, 0.2) is 0 Å². The van der Waals surface area contributed by atoms with Gasteiger partial charge in [0, 0.05) is 12.6 Å². The van der Waals surface area contributed by atoms with Crippen LogP contribution in [0.15, 0.2) is 30.3 Å². The predicted molar refractivity (Wildman–Crippen MR) is 81.3 cm³/mol. The van der Waals surface area contributed by atoms with Crippen LogP contribution in [0.5, 0.6) is 0 Å². The summed E-state index contributed by atoms with van der Waals surface area (Å²) in [6, 6.07) is 13.8. The summed E-state index contributed by atoms with van der Waals surface area (Å²) in [5.74, 6) is 1.75. The number of benzene rings is 1. The molecule has 0 radical (unpaired) electrons. The average Bonchev–Trinajstić information content (AvgIpc) is 3.31. The van der Waals surface area contributed by atoms with Gasteiger partial charge < -0.3 is 4.90 Å². The lowest BCUT2D eigenvalue weighted by atomic mass is 9.75. The molecule has 2 fully saturated rings. The van der Waals surface area contributed by atoms with Crippen LogP contribution in [-0.4, -0.2) is 24.5 Å². The third kappa shape index (κ3) is 3.04. The van der Waals surface area contributed by atoms with Gasteiger partial charge in [-0.3, -0.25) is 0 Å². The van der Waals surface area contributed by atoms with E-state index >= 15 is 0 Å². The van der Waals surface area contributed by atoms with E-state index in [1.54, 1.807) is 0 Å². The van der Waals surface area contributed by atoms with Crippen molar-refractivity contribution in [1.29, 1.82) is 5.26 Å². The van der Waals surface area contributed by atoms with E-state index in [1.807, 2.05) is 0 Å². The molecule has 0 saturated heterocycles. The lowest BCUT2D eigenvalue weighted by molar-refractivity contribution is 0.140. The van der Waals surface area contributed by atoms with Crippen molar-refractivity contribution in [3.8, 4) is 6.07 Å². The van der Waals surface area contributed by atoms with Crippen LogP contribution in [-0.2, 0) is 0 Å². The molecule has 0 aromatic heterocycles. The van der Waals surface area contributed by atoms with Gasteiger partial charge in [0.05, 0.1) is 12.0 Å². The number of hydrogen-bond acceptors (Lipinski definition) is 2. The topological polar surface area (TPSA) is 27.0 Å². The molecule has 106 valence electrons. The van der Waals surface area contributed by atoms with E-state index in [1.165, 1.54) is 24.9 Å². The van der Waals surface area contributed by atoms with Gasteiger partial charge in [0.1, 0.15) is 0 Å². The maximum Gasteiger partial charge on any atom is 0.0672 e. The lowest BCUT2D eigenvalue weighted by Crippen LogP contribution is -2.42. The molecule has 0 bridgehead atoms. The second-order valence-electron chi connectivity index (χ2n) is 6.61. The first-order valence-corrected chi connectivity index (χ1v) is 7.92. The molecule has 0 amide bonds. The van der Waals surface area contributed by atoms with Crippen LogP contribution in [0.25, 0.3) is 0 Å². The van der Waals surface area contributed by atoms with Gasteiger partial charge in [-0.15, -0.1) is 0 Å². The standard InChI is InChI=1S/C18H24N2/c1-20(13-14-7-8-14)18-11-16(9-10-17(18)12-19)15-5-3-2-4-6-15/h2-6,14,16-18H,7-11,13H2,1H3. The molecule has 0 N–H and O–H groups in total. The number of rotatable bonds is 4. The van der Waals surface area contributed by atoms with Crippen molar-refractivity contribution in [2.75, 3.05) is 13.6 Å². The van der Waals surface area contributed by atoms with Crippen molar-refractivity contribution in [2.45, 2.75) is 44.1 Å². The highest BCUT2D eigenvalue weighted by molar-refractivity contribution is 5.21. The highest BCUT2D eigenvalue weighted by Gasteiger charge is 2.35. The Morgan fingerprint density at radius 2 is 1.90 bits per heavy atom. The first kappa shape index (κ1) is 13.6. The van der Waals surface area contributed by atoms with Gasteiger partial charge >= 0.3 is 0 Å². The highest BCUT2D eigenvalue weighted by atomic mass is 15.1. The molecule has 1 aromatic carbocycles. The average molecular weight is 268 g/mol. The van der Waals surface area contributed by atoms with E-state index in [0.717, 1.165) is 25.2 Å². The lowest BCUT2D eigenvalue weighted by Gasteiger charge is -2.38. The van der Waals surface area contributed by atoms with E-state index in [2.05, 4.69) is 48.3 Å². The predicted octanol–water partition coefficient (Wildman–Crippen LogP) is 3.80. The van der Waals surface area contributed by atoms with E-state index in [9.17, 15) is 5.26 Å². The molecule has 3 unspecified atom stereocenters. The zero-order valence-corrected chi connectivity index (χ0v) is 12.3. The Labute approximate surface area is 122 Å². The van der Waals surface area contributed by atoms with Crippen LogP contribution in [0.3, 0.4) is 0 Å². The van der Waals surface area contributed by atoms with Crippen LogP contribution < -0.4 is 0 Å². The van der Waals surface area contributed by atoms with Crippen LogP contribution in [0.2, 0.25) is 0 Å². The zero-order chi connectivity index (χ0) is 13.9. The molecule has 2 saturated carbocycles. The van der Waals surface area contributed by atoms with Gasteiger partial charge in [-0.05, 0) is 56.6 Å². The normalized spacial score (nSPS) is 30.1. The van der Waals surface area contributed by atoms with Crippen LogP contribution in [0.1, 0.15) is 43.6 Å². The Morgan fingerprint density at radius 3 is 2.55 bits per heavy atom. The van der Waals surface area contributed by atoms with Crippen molar-refractivity contribution in [2.24, 2.45) is 11.8 Å². The molecule has 2 aliphatic carbocycles. The molecule has 3 atom stereocenters. The van der Waals surface area contributed by atoms with Crippen molar-refractivity contribution in [3.05, 3.63) is 35.9 Å². The van der Waals surface area contributed by atoms with Gasteiger partial charge in [0.25, 0.3) is 0 Å². The highest BCUT2D eigenvalue weighted by Crippen LogP contribution is 2.39. The van der Waals surface area contributed by atoms with Gasteiger partial charge in [-0.25, -0.2) is 0 Å². The molecule has 0 aliphatic heterocycles. The molecule has 2 nitrogen and oxygen atoms in total. The molecule has 20 heavy (non-hydrogen) atoms. The summed E-state index contributed by atoms with van der Waals surface area (Å²) in [5, 5.41) is 9.44. The SMILES string of the molecule is CN(CC1CC1)C1CC(c2ccccc2)CCC1C#N. The summed E-state index contributed by atoms with van der Waals surface area (Å²) >= 11 is 0. The maximum atomic E-state index is 9.44. The Bertz CT molecular complexity index is 472. The molecular weight excluding hydrogens is 244 g/mol. The summed E-state index contributed by atoms with van der Waals surface area (Å²) in [6.45, 7) is 1.18. The molecule has 2 heteroatoms. The maximum absolute atomic E-state index is 9.44. The van der Waals surface area contributed by atoms with E-state index in [4.69, 9.17) is 0 Å². The minimum atomic E-state index is 0.221. The minimum Gasteiger partial charge on any atom is -0.302 e. The molecular formula is C18H24N2. The fourth-order valence-corrected chi connectivity index (χ4v) is 3.66. The zero-order valence-electron chi connectivity index (χ0n) is 12.3. The van der Waals surface area contributed by atoms with Crippen LogP contribution in [0.4, 0.5) is 0 Å². The monoisotopic (exact) mass is 268 g/mol. The number of nitriles is 1. The first-order valence-electron chi connectivity index (χ1n) is 7.92. The largest absolute Gasteiger partial charge is 0.302 e. The Hall–Kier alpha value is -1.33. The first-order chi connectivity index (χ1) is 9.78. The molecule has 0 heterocycles. The van der Waals surface area contributed by atoms with Crippen molar-refractivity contribution >= 4 is 0 Å². The molecule has 3 rings (SSSR count). The summed E-state index contributed by atoms with van der Waals surface area (Å²) in [6.07, 6.45) is 6.13. The fraction of sp³-hybridized carbons (Fsp3) is 0.611. The smallest absolute Gasteiger partial charge is 0.0672 e. The van der Waals surface area contributed by atoms with Gasteiger partial charge in [-0.1, -0.05) is 30.3 Å². The summed E-state index contributed by atoms with van der Waals surface area (Å²) in [4.78, 5) is 2.47. The molecule has 1 aromatic rings. The quantitative estimate of drug-likeness (QED) is 0.830. The van der Waals surface area contributed by atoms with E-state index in [0.29, 0.717) is 12.0 Å². The van der Waals surface area contributed by atoms with E-state index < -0.39 is 0 Å². The third-order valence-corrected chi connectivity index (χ3v) is 5.06. The summed E-state index contributed by atoms with van der Waals surface area (Å²) < 4.78 is 0. The van der Waals surface area contributed by atoms with Crippen molar-refractivity contribution in [3.63, 3.8) is 0 Å². The minimum absolute atomic E-state index is 0.221. The van der Waals surface area contributed by atoms with Crippen molar-refractivity contribution < 1.29 is 0 Å². The third-order valence-electron chi connectivity index (χ3n) is 5.06. The summed E-state index contributed by atoms with van der Waals surface area (Å²) in [7, 11) is 2.22. The van der Waals surface area contributed by atoms with Gasteiger partial charge in [0.2, 0.25) is 0 Å². The van der Waals surface area contributed by atoms with Gasteiger partial charge in [-0.2, -0.15) is 5.26 Å². The number of nitrogens with zero attached hydrogens (tertiary/aromatic N) is 2. The Morgan fingerprint density at radius 1 is 1.15 bits per heavy atom. The molecule has 2 aliphatic rings. The van der Waals surface area contributed by atoms with E-state index in [-0.39, 0.29) is 5.92 Å². The Kier molecular flexibility index (Phi) is 4.08. The van der Waals surface area contributed by atoms with Crippen molar-refractivity contribution in [1.82, 2.24) is 4.90 Å². The fourth-order valence-electron chi connectivity index (χ4n) is 3.66. The summed E-state index contributed by atoms with van der Waals surface area (Å²) in [5.41, 5.74) is 1.45. The second-order valence-corrected chi connectivity index (χ2v) is 6.61. The van der Waals surface area contributed by atoms with Crippen LogP contribution in [0, 0.1) is 23.2 Å². The second kappa shape index (κ2) is 5.97. The van der Waals surface area contributed by atoms with Crippen LogP contribution >= 0.6 is 0 Å².